The molecule has 0 radical (unpaired) electrons. The molecule has 1 aromatic rings. The molecule has 1 aromatic heterocycles. The molecule has 1 heterocycles. The average molecular weight is 420 g/mol. The number of nitrogens with zero attached hydrogens (tertiary/aromatic N) is 2. The Labute approximate surface area is 153 Å². The van der Waals surface area contributed by atoms with Crippen LogP contribution in [0.25, 0.3) is 0 Å². The quantitative estimate of drug-likeness (QED) is 0.431. The van der Waals surface area contributed by atoms with Crippen LogP contribution < -0.4 is 11.4 Å². The molecule has 0 spiro atoms. The van der Waals surface area contributed by atoms with Crippen molar-refractivity contribution in [2.45, 2.75) is 30.3 Å². The van der Waals surface area contributed by atoms with Gasteiger partial charge in [-0.25, -0.2) is 13.6 Å². The summed E-state index contributed by atoms with van der Waals surface area (Å²) < 4.78 is 56.0. The Hall–Kier alpha value is -1.10. The number of methoxy groups -OCH3 is 1. The third-order valence-corrected chi connectivity index (χ3v) is 6.25. The number of ether oxygens (including phenoxy) is 1. The lowest BCUT2D eigenvalue weighted by Gasteiger charge is -2.38. The molecule has 0 saturated carbocycles. The van der Waals surface area contributed by atoms with E-state index >= 15 is 0 Å². The van der Waals surface area contributed by atoms with Gasteiger partial charge in [-0.1, -0.05) is 0 Å². The van der Waals surface area contributed by atoms with Crippen LogP contribution in [0.2, 0.25) is 0 Å². The van der Waals surface area contributed by atoms with Crippen LogP contribution in [0.5, 0.6) is 0 Å². The number of halogens is 3. The summed E-state index contributed by atoms with van der Waals surface area (Å²) in [5.41, 5.74) is 2.20. The van der Waals surface area contributed by atoms with E-state index in [2.05, 4.69) is 14.0 Å². The molecule has 0 aromatic carbocycles. The van der Waals surface area contributed by atoms with Gasteiger partial charge < -0.3 is 24.6 Å². The number of alkyl halides is 3. The van der Waals surface area contributed by atoms with E-state index in [0.717, 1.165) is 33.6 Å². The van der Waals surface area contributed by atoms with Crippen LogP contribution in [0.3, 0.4) is 0 Å². The maximum Gasteiger partial charge on any atom is 0.364 e. The van der Waals surface area contributed by atoms with Crippen molar-refractivity contribution < 1.29 is 32.2 Å². The fourth-order valence-electron chi connectivity index (χ4n) is 2.23. The summed E-state index contributed by atoms with van der Waals surface area (Å²) in [6.45, 7) is 0. The van der Waals surface area contributed by atoms with Gasteiger partial charge >= 0.3 is 13.3 Å². The molecule has 26 heavy (non-hydrogen) atoms. The van der Waals surface area contributed by atoms with Crippen LogP contribution in [-0.4, -0.2) is 59.5 Å². The van der Waals surface area contributed by atoms with Gasteiger partial charge in [0, 0.05) is 33.9 Å². The molecular weight excluding hydrogens is 399 g/mol. The van der Waals surface area contributed by atoms with Crippen molar-refractivity contribution >= 4 is 25.0 Å². The summed E-state index contributed by atoms with van der Waals surface area (Å²) in [6, 6.07) is 1.14. The van der Waals surface area contributed by atoms with Gasteiger partial charge in [-0.3, -0.25) is 9.13 Å². The van der Waals surface area contributed by atoms with E-state index in [9.17, 15) is 23.2 Å². The zero-order chi connectivity index (χ0) is 20.1. The average Bonchev–Trinajstić information content (AvgIpc) is 2.64. The molecule has 4 atom stereocenters. The standard InChI is InChI=1S/C13H21ClF2N3O6P/c1-23-13(7-14,6-8(15)26(22,24-2)25-3)10(20)11(16)19-5-4-9(17)18-12(19)21/h4-5,8,10-11,20H,6-7H2,1-3H3,(H2,17,18,21)/t8?,10-,11-,13-/m0/s1. The van der Waals surface area contributed by atoms with Crippen molar-refractivity contribution in [1.82, 2.24) is 9.55 Å². The maximum absolute atomic E-state index is 14.7. The van der Waals surface area contributed by atoms with Crippen molar-refractivity contribution in [3.8, 4) is 0 Å². The molecule has 0 aliphatic heterocycles. The largest absolute Gasteiger partial charge is 0.385 e. The van der Waals surface area contributed by atoms with Gasteiger partial charge in [0.15, 0.2) is 0 Å². The molecule has 0 aliphatic rings. The SMILES string of the molecule is CO[C@](CCl)(CC(F)P(=O)(OC)OC)[C@@H](O)[C@@H](F)n1ccc(N)nc1=O. The molecule has 0 aliphatic carbocycles. The molecule has 1 rings (SSSR count). The summed E-state index contributed by atoms with van der Waals surface area (Å²) >= 11 is 5.78. The van der Waals surface area contributed by atoms with Gasteiger partial charge in [0.1, 0.15) is 17.5 Å². The Morgan fingerprint density at radius 1 is 1.42 bits per heavy atom. The Kier molecular flexibility index (Phi) is 8.12. The smallest absolute Gasteiger partial charge is 0.364 e. The fraction of sp³-hybridized carbons (Fsp3) is 0.692. The van der Waals surface area contributed by atoms with Crippen molar-refractivity contribution in [3.05, 3.63) is 22.7 Å². The summed E-state index contributed by atoms with van der Waals surface area (Å²) in [5.74, 6) is -3.01. The Morgan fingerprint density at radius 3 is 2.42 bits per heavy atom. The van der Waals surface area contributed by atoms with Crippen LogP contribution in [0.1, 0.15) is 12.7 Å². The van der Waals surface area contributed by atoms with Crippen molar-refractivity contribution in [2.75, 3.05) is 32.9 Å². The third kappa shape index (κ3) is 4.59. The molecule has 0 saturated heterocycles. The second-order valence-corrected chi connectivity index (χ2v) is 7.94. The molecule has 1 unspecified atom stereocenters. The topological polar surface area (TPSA) is 126 Å². The first-order valence-electron chi connectivity index (χ1n) is 7.24. The second kappa shape index (κ2) is 9.20. The van der Waals surface area contributed by atoms with Crippen molar-refractivity contribution in [1.29, 1.82) is 0 Å². The summed E-state index contributed by atoms with van der Waals surface area (Å²) in [5, 5.41) is 10.4. The van der Waals surface area contributed by atoms with Gasteiger partial charge in [-0.05, 0) is 6.07 Å². The molecule has 13 heteroatoms. The minimum Gasteiger partial charge on any atom is -0.385 e. The zero-order valence-corrected chi connectivity index (χ0v) is 16.0. The van der Waals surface area contributed by atoms with Crippen LogP contribution in [0, 0.1) is 0 Å². The fourth-order valence-corrected chi connectivity index (χ4v) is 3.75. The number of hydrogen-bond donors (Lipinski definition) is 2. The second-order valence-electron chi connectivity index (χ2n) is 5.31. The Balaban J connectivity index is 3.21. The van der Waals surface area contributed by atoms with E-state index in [1.807, 2.05) is 0 Å². The van der Waals surface area contributed by atoms with Gasteiger partial charge in [-0.2, -0.15) is 4.98 Å². The van der Waals surface area contributed by atoms with E-state index in [4.69, 9.17) is 22.1 Å². The summed E-state index contributed by atoms with van der Waals surface area (Å²) in [4.78, 5) is 15.1. The first kappa shape index (κ1) is 22.9. The first-order valence-corrected chi connectivity index (χ1v) is 9.38. The van der Waals surface area contributed by atoms with Crippen LogP contribution in [0.4, 0.5) is 14.6 Å². The summed E-state index contributed by atoms with van der Waals surface area (Å²) in [6.07, 6.45) is -4.38. The van der Waals surface area contributed by atoms with Crippen LogP contribution >= 0.6 is 19.2 Å². The Morgan fingerprint density at radius 2 is 2.00 bits per heavy atom. The molecule has 150 valence electrons. The lowest BCUT2D eigenvalue weighted by atomic mass is 9.94. The number of hydrogen-bond acceptors (Lipinski definition) is 8. The molecule has 9 nitrogen and oxygen atoms in total. The molecule has 3 N–H and O–H groups in total. The number of aliphatic hydroxyl groups is 1. The predicted molar refractivity (Wildman–Crippen MR) is 90.7 cm³/mol. The van der Waals surface area contributed by atoms with Gasteiger partial charge in [-0.15, -0.1) is 11.6 Å². The number of nitrogen functional groups attached to an aromatic ring is 1. The normalized spacial score (nSPS) is 18.1. The number of rotatable bonds is 10. The van der Waals surface area contributed by atoms with Crippen molar-refractivity contribution in [2.24, 2.45) is 0 Å². The van der Waals surface area contributed by atoms with E-state index in [0.29, 0.717) is 4.57 Å². The highest BCUT2D eigenvalue weighted by atomic mass is 35.5. The number of aliphatic hydroxyl groups excluding tert-OH is 1. The maximum atomic E-state index is 14.7. The van der Waals surface area contributed by atoms with Crippen LogP contribution in [-0.2, 0) is 18.3 Å². The monoisotopic (exact) mass is 419 g/mol. The number of nitrogens with two attached hydrogens (primary N) is 1. The molecule has 0 bridgehead atoms. The number of aromatic nitrogens is 2. The predicted octanol–water partition coefficient (Wildman–Crippen LogP) is 1.45. The lowest BCUT2D eigenvalue weighted by molar-refractivity contribution is -0.140. The van der Waals surface area contributed by atoms with E-state index in [1.54, 1.807) is 0 Å². The van der Waals surface area contributed by atoms with E-state index in [1.165, 1.54) is 0 Å². The van der Waals surface area contributed by atoms with Crippen LogP contribution in [0.15, 0.2) is 17.1 Å². The zero-order valence-electron chi connectivity index (χ0n) is 14.3. The first-order chi connectivity index (χ1) is 12.1. The van der Waals surface area contributed by atoms with Gasteiger partial charge in [0.2, 0.25) is 12.2 Å². The highest BCUT2D eigenvalue weighted by molar-refractivity contribution is 7.54. The van der Waals surface area contributed by atoms with Gasteiger partial charge in [0.25, 0.3) is 0 Å². The number of anilines is 1. The molecule has 0 amide bonds. The minimum atomic E-state index is -4.19. The summed E-state index contributed by atoms with van der Waals surface area (Å²) in [7, 11) is -1.19. The minimum absolute atomic E-state index is 0.145. The highest BCUT2D eigenvalue weighted by Gasteiger charge is 2.49. The molecular formula is C13H21ClF2N3O6P. The van der Waals surface area contributed by atoms with Gasteiger partial charge in [0.05, 0.1) is 5.88 Å². The highest BCUT2D eigenvalue weighted by Crippen LogP contribution is 2.55. The van der Waals surface area contributed by atoms with E-state index < -0.39 is 49.5 Å². The lowest BCUT2D eigenvalue weighted by Crippen LogP contribution is -2.52. The molecule has 0 fully saturated rings. The third-order valence-electron chi connectivity index (χ3n) is 3.92. The van der Waals surface area contributed by atoms with E-state index in [-0.39, 0.29) is 5.82 Å². The van der Waals surface area contributed by atoms with Crippen molar-refractivity contribution in [3.63, 3.8) is 0 Å². The Bertz CT molecular complexity index is 697.